The first-order chi connectivity index (χ1) is 25.8. The summed E-state index contributed by atoms with van der Waals surface area (Å²) >= 11 is 0. The van der Waals surface area contributed by atoms with E-state index in [1.165, 1.54) is 43.8 Å². The monoisotopic (exact) mass is 663 g/mol. The van der Waals surface area contributed by atoms with Gasteiger partial charge in [-0.2, -0.15) is 0 Å². The SMILES string of the molecule is c1ccc(-c2ccc(-c3ccc(N(c4ccc5ccccc5c4)c4ccc(-c5ccc6ccccc6c5)c5oc6ccccc6c45)cc3)cc2)cc1. The molecule has 1 aromatic heterocycles. The highest BCUT2D eigenvalue weighted by Crippen LogP contribution is 2.47. The fourth-order valence-electron chi connectivity index (χ4n) is 7.61. The van der Waals surface area contributed by atoms with Gasteiger partial charge in [-0.3, -0.25) is 0 Å². The molecular formula is C50H33NO. The molecule has 0 aliphatic heterocycles. The van der Waals surface area contributed by atoms with E-state index in [9.17, 15) is 0 Å². The van der Waals surface area contributed by atoms with E-state index in [0.717, 1.165) is 50.1 Å². The van der Waals surface area contributed by atoms with Crippen molar-refractivity contribution in [2.45, 2.75) is 0 Å². The van der Waals surface area contributed by atoms with Gasteiger partial charge in [0.05, 0.1) is 11.1 Å². The maximum atomic E-state index is 6.77. The van der Waals surface area contributed by atoms with Crippen LogP contribution in [0.4, 0.5) is 17.1 Å². The van der Waals surface area contributed by atoms with Crippen molar-refractivity contribution in [3.05, 3.63) is 200 Å². The van der Waals surface area contributed by atoms with Crippen LogP contribution in [-0.4, -0.2) is 0 Å². The minimum absolute atomic E-state index is 0.875. The molecule has 0 atom stereocenters. The molecule has 0 spiro atoms. The van der Waals surface area contributed by atoms with Crippen LogP contribution in [0, 0.1) is 0 Å². The fraction of sp³-hybridized carbons (Fsp3) is 0. The van der Waals surface area contributed by atoms with Crippen molar-refractivity contribution in [3.63, 3.8) is 0 Å². The van der Waals surface area contributed by atoms with E-state index in [-0.39, 0.29) is 0 Å². The highest BCUT2D eigenvalue weighted by molar-refractivity contribution is 6.17. The summed E-state index contributed by atoms with van der Waals surface area (Å²) in [5.41, 5.74) is 12.0. The van der Waals surface area contributed by atoms with Gasteiger partial charge in [0.15, 0.2) is 0 Å². The summed E-state index contributed by atoms with van der Waals surface area (Å²) in [6.45, 7) is 0. The summed E-state index contributed by atoms with van der Waals surface area (Å²) < 4.78 is 6.77. The van der Waals surface area contributed by atoms with Gasteiger partial charge in [-0.1, -0.05) is 152 Å². The first kappa shape index (κ1) is 30.0. The van der Waals surface area contributed by atoms with Gasteiger partial charge in [-0.05, 0) is 97.9 Å². The van der Waals surface area contributed by atoms with Crippen molar-refractivity contribution in [3.8, 4) is 33.4 Å². The summed E-state index contributed by atoms with van der Waals surface area (Å²) in [5.74, 6) is 0. The number of nitrogens with zero attached hydrogens (tertiary/aromatic N) is 1. The Labute approximate surface area is 302 Å². The molecule has 0 aliphatic rings. The van der Waals surface area contributed by atoms with Gasteiger partial charge in [0.1, 0.15) is 11.2 Å². The van der Waals surface area contributed by atoms with Crippen LogP contribution >= 0.6 is 0 Å². The van der Waals surface area contributed by atoms with Crippen molar-refractivity contribution in [2.75, 3.05) is 4.90 Å². The van der Waals surface area contributed by atoms with Crippen molar-refractivity contribution in [1.82, 2.24) is 0 Å². The molecule has 0 aliphatic carbocycles. The second kappa shape index (κ2) is 12.5. The summed E-state index contributed by atoms with van der Waals surface area (Å²) in [4.78, 5) is 2.38. The fourth-order valence-corrected chi connectivity index (χ4v) is 7.61. The molecule has 0 radical (unpaired) electrons. The normalized spacial score (nSPS) is 11.5. The Bertz CT molecular complexity index is 2890. The lowest BCUT2D eigenvalue weighted by atomic mass is 9.97. The van der Waals surface area contributed by atoms with E-state index in [0.29, 0.717) is 0 Å². The van der Waals surface area contributed by atoms with Gasteiger partial charge in [-0.15, -0.1) is 0 Å². The highest BCUT2D eigenvalue weighted by Gasteiger charge is 2.22. The van der Waals surface area contributed by atoms with Crippen molar-refractivity contribution < 1.29 is 4.42 Å². The minimum atomic E-state index is 0.875. The molecule has 10 rings (SSSR count). The average molecular weight is 664 g/mol. The van der Waals surface area contributed by atoms with E-state index in [2.05, 4.69) is 199 Å². The largest absolute Gasteiger partial charge is 0.455 e. The number of hydrogen-bond acceptors (Lipinski definition) is 2. The van der Waals surface area contributed by atoms with Crippen molar-refractivity contribution >= 4 is 60.5 Å². The quantitative estimate of drug-likeness (QED) is 0.176. The first-order valence-corrected chi connectivity index (χ1v) is 17.8. The second-order valence-electron chi connectivity index (χ2n) is 13.4. The summed E-state index contributed by atoms with van der Waals surface area (Å²) in [6, 6.07) is 71.7. The van der Waals surface area contributed by atoms with Crippen LogP contribution in [0.5, 0.6) is 0 Å². The Morgan fingerprint density at radius 2 is 0.865 bits per heavy atom. The predicted octanol–water partition coefficient (Wildman–Crippen LogP) is 14.4. The molecule has 9 aromatic carbocycles. The van der Waals surface area contributed by atoms with Gasteiger partial charge in [-0.25, -0.2) is 0 Å². The number of fused-ring (bicyclic) bond motifs is 5. The Kier molecular flexibility index (Phi) is 7.18. The van der Waals surface area contributed by atoms with E-state index >= 15 is 0 Å². The first-order valence-electron chi connectivity index (χ1n) is 17.8. The zero-order valence-corrected chi connectivity index (χ0v) is 28.4. The molecule has 0 amide bonds. The number of furan rings is 1. The highest BCUT2D eigenvalue weighted by atomic mass is 16.3. The van der Waals surface area contributed by atoms with E-state index in [1.807, 2.05) is 6.07 Å². The van der Waals surface area contributed by atoms with Gasteiger partial charge in [0.25, 0.3) is 0 Å². The minimum Gasteiger partial charge on any atom is -0.455 e. The maximum Gasteiger partial charge on any atom is 0.145 e. The zero-order valence-electron chi connectivity index (χ0n) is 28.4. The van der Waals surface area contributed by atoms with Crippen LogP contribution in [0.3, 0.4) is 0 Å². The Hall–Kier alpha value is -6.90. The second-order valence-corrected chi connectivity index (χ2v) is 13.4. The van der Waals surface area contributed by atoms with Gasteiger partial charge in [0, 0.05) is 22.3 Å². The lowest BCUT2D eigenvalue weighted by Crippen LogP contribution is -2.10. The van der Waals surface area contributed by atoms with Crippen molar-refractivity contribution in [2.24, 2.45) is 0 Å². The molecular weight excluding hydrogens is 631 g/mol. The number of anilines is 3. The number of para-hydroxylation sites is 1. The topological polar surface area (TPSA) is 16.4 Å². The van der Waals surface area contributed by atoms with Gasteiger partial charge in [0.2, 0.25) is 0 Å². The Morgan fingerprint density at radius 3 is 1.58 bits per heavy atom. The Morgan fingerprint density at radius 1 is 0.346 bits per heavy atom. The van der Waals surface area contributed by atoms with Crippen LogP contribution in [0.15, 0.2) is 205 Å². The smallest absolute Gasteiger partial charge is 0.145 e. The van der Waals surface area contributed by atoms with Crippen LogP contribution < -0.4 is 4.90 Å². The third-order valence-electron chi connectivity index (χ3n) is 10.2. The lowest BCUT2D eigenvalue weighted by Gasteiger charge is -2.27. The molecule has 0 bridgehead atoms. The molecule has 0 fully saturated rings. The van der Waals surface area contributed by atoms with Crippen molar-refractivity contribution in [1.29, 1.82) is 0 Å². The summed E-state index contributed by atoms with van der Waals surface area (Å²) in [6.07, 6.45) is 0. The third-order valence-corrected chi connectivity index (χ3v) is 10.2. The molecule has 52 heavy (non-hydrogen) atoms. The molecule has 0 saturated carbocycles. The standard InChI is InChI=1S/C50H33NO/c1-2-10-34(11-3-1)37-18-20-38(21-19-37)39-24-27-43(28-25-39)51(44-29-26-36-13-5-7-15-41(36)33-44)47-31-30-45(42-23-22-35-12-4-6-14-40(35)32-42)50-49(47)46-16-8-9-17-48(46)52-50/h1-33H. The zero-order chi connectivity index (χ0) is 34.4. The third kappa shape index (κ3) is 5.21. The molecule has 2 nitrogen and oxygen atoms in total. The average Bonchev–Trinajstić information content (AvgIpc) is 3.61. The van der Waals surface area contributed by atoms with Crippen LogP contribution in [0.2, 0.25) is 0 Å². The lowest BCUT2D eigenvalue weighted by molar-refractivity contribution is 0.670. The molecule has 2 heteroatoms. The summed E-state index contributed by atoms with van der Waals surface area (Å²) in [7, 11) is 0. The number of benzene rings is 9. The molecule has 0 unspecified atom stereocenters. The van der Waals surface area contributed by atoms with Crippen LogP contribution in [0.25, 0.3) is 76.9 Å². The van der Waals surface area contributed by atoms with Gasteiger partial charge < -0.3 is 9.32 Å². The number of hydrogen-bond donors (Lipinski definition) is 0. The summed E-state index contributed by atoms with van der Waals surface area (Å²) in [5, 5.41) is 7.03. The maximum absolute atomic E-state index is 6.77. The van der Waals surface area contributed by atoms with E-state index < -0.39 is 0 Å². The molecule has 10 aromatic rings. The van der Waals surface area contributed by atoms with Crippen LogP contribution in [0.1, 0.15) is 0 Å². The molecule has 1 heterocycles. The molecule has 0 N–H and O–H groups in total. The molecule has 0 saturated heterocycles. The van der Waals surface area contributed by atoms with E-state index in [1.54, 1.807) is 0 Å². The number of rotatable bonds is 6. The van der Waals surface area contributed by atoms with E-state index in [4.69, 9.17) is 4.42 Å². The predicted molar refractivity (Wildman–Crippen MR) is 220 cm³/mol. The molecule has 244 valence electrons. The van der Waals surface area contributed by atoms with Gasteiger partial charge >= 0.3 is 0 Å². The van der Waals surface area contributed by atoms with Crippen LogP contribution in [-0.2, 0) is 0 Å². The Balaban J connectivity index is 1.14.